The minimum absolute atomic E-state index is 0.0659. The number of carbonyl (C=O) groups is 1. The molecule has 0 radical (unpaired) electrons. The molecular weight excluding hydrogens is 352 g/mol. The van der Waals surface area contributed by atoms with Crippen molar-refractivity contribution in [1.29, 1.82) is 0 Å². The number of rotatable bonds is 5. The topological polar surface area (TPSA) is 71.2 Å². The van der Waals surface area contributed by atoms with E-state index in [-0.39, 0.29) is 5.56 Å². The van der Waals surface area contributed by atoms with Gasteiger partial charge in [0, 0.05) is 17.3 Å². The van der Waals surface area contributed by atoms with Gasteiger partial charge in [-0.25, -0.2) is 0 Å². The van der Waals surface area contributed by atoms with Crippen molar-refractivity contribution in [1.82, 2.24) is 10.3 Å². The van der Waals surface area contributed by atoms with Crippen molar-refractivity contribution in [3.63, 3.8) is 0 Å². The van der Waals surface area contributed by atoms with Crippen molar-refractivity contribution < 1.29 is 9.53 Å². The molecule has 2 N–H and O–H groups in total. The van der Waals surface area contributed by atoms with Gasteiger partial charge >= 0.3 is 0 Å². The maximum atomic E-state index is 12.3. The van der Waals surface area contributed by atoms with E-state index in [0.29, 0.717) is 17.3 Å². The monoisotopic (exact) mass is 368 g/mol. The molecule has 3 rings (SSSR count). The summed E-state index contributed by atoms with van der Waals surface area (Å²) in [6.07, 6.45) is 0. The van der Waals surface area contributed by atoms with Crippen LogP contribution in [0.25, 0.3) is 11.3 Å². The smallest absolute Gasteiger partial charge is 0.261 e. The SMILES string of the molecule is COc1ccc(CNC(=O)c2ccc(-c3ccc(Cl)cc3)[nH]c2=O)cc1. The van der Waals surface area contributed by atoms with Gasteiger partial charge in [-0.2, -0.15) is 0 Å². The maximum absolute atomic E-state index is 12.3. The van der Waals surface area contributed by atoms with Crippen LogP contribution in [0.1, 0.15) is 15.9 Å². The summed E-state index contributed by atoms with van der Waals surface area (Å²) in [5.74, 6) is 0.319. The van der Waals surface area contributed by atoms with E-state index in [1.54, 1.807) is 37.4 Å². The molecule has 0 saturated carbocycles. The van der Waals surface area contributed by atoms with Crippen molar-refractivity contribution >= 4 is 17.5 Å². The summed E-state index contributed by atoms with van der Waals surface area (Å²) < 4.78 is 5.09. The third-order valence-electron chi connectivity index (χ3n) is 3.92. The number of nitrogens with one attached hydrogen (secondary N) is 2. The zero-order valence-electron chi connectivity index (χ0n) is 14.1. The number of halogens is 1. The van der Waals surface area contributed by atoms with Crippen molar-refractivity contribution in [2.24, 2.45) is 0 Å². The lowest BCUT2D eigenvalue weighted by atomic mass is 10.1. The molecule has 0 bridgehead atoms. The highest BCUT2D eigenvalue weighted by atomic mass is 35.5. The van der Waals surface area contributed by atoms with E-state index in [9.17, 15) is 9.59 Å². The van der Waals surface area contributed by atoms with Gasteiger partial charge in [-0.15, -0.1) is 0 Å². The largest absolute Gasteiger partial charge is 0.497 e. The van der Waals surface area contributed by atoms with Crippen molar-refractivity contribution in [2.75, 3.05) is 7.11 Å². The molecule has 1 heterocycles. The van der Waals surface area contributed by atoms with Gasteiger partial charge in [0.05, 0.1) is 7.11 Å². The predicted octanol–water partition coefficient (Wildman–Crippen LogP) is 3.63. The third kappa shape index (κ3) is 4.13. The highest BCUT2D eigenvalue weighted by molar-refractivity contribution is 6.30. The van der Waals surface area contributed by atoms with Gasteiger partial charge < -0.3 is 15.0 Å². The van der Waals surface area contributed by atoms with E-state index in [1.807, 2.05) is 24.3 Å². The van der Waals surface area contributed by atoms with Gasteiger partial charge in [-0.1, -0.05) is 35.9 Å². The lowest BCUT2D eigenvalue weighted by Gasteiger charge is -2.07. The maximum Gasteiger partial charge on any atom is 0.261 e. The lowest BCUT2D eigenvalue weighted by Crippen LogP contribution is -2.29. The fraction of sp³-hybridized carbons (Fsp3) is 0.100. The zero-order valence-corrected chi connectivity index (χ0v) is 14.8. The predicted molar refractivity (Wildman–Crippen MR) is 102 cm³/mol. The van der Waals surface area contributed by atoms with Gasteiger partial charge in [0.25, 0.3) is 11.5 Å². The number of aromatic amines is 1. The number of hydrogen-bond acceptors (Lipinski definition) is 3. The zero-order chi connectivity index (χ0) is 18.5. The summed E-state index contributed by atoms with van der Waals surface area (Å²) in [5, 5.41) is 3.36. The highest BCUT2D eigenvalue weighted by Gasteiger charge is 2.11. The van der Waals surface area contributed by atoms with E-state index in [4.69, 9.17) is 16.3 Å². The van der Waals surface area contributed by atoms with E-state index in [2.05, 4.69) is 10.3 Å². The normalized spacial score (nSPS) is 10.4. The van der Waals surface area contributed by atoms with Crippen LogP contribution in [0.5, 0.6) is 5.75 Å². The summed E-state index contributed by atoms with van der Waals surface area (Å²) in [6.45, 7) is 0.321. The molecule has 0 spiro atoms. The molecule has 1 aromatic heterocycles. The van der Waals surface area contributed by atoms with Crippen molar-refractivity contribution in [3.05, 3.63) is 87.2 Å². The Morgan fingerprint density at radius 3 is 2.35 bits per heavy atom. The number of hydrogen-bond donors (Lipinski definition) is 2. The molecule has 6 heteroatoms. The standard InChI is InChI=1S/C20H17ClN2O3/c1-26-16-8-2-13(3-9-16)12-22-19(24)17-10-11-18(23-20(17)25)14-4-6-15(21)7-5-14/h2-11H,12H2,1H3,(H,22,24)(H,23,25). The Hall–Kier alpha value is -3.05. The van der Waals surface area contributed by atoms with Crippen LogP contribution >= 0.6 is 11.6 Å². The molecular formula is C20H17ClN2O3. The van der Waals surface area contributed by atoms with Crippen molar-refractivity contribution in [3.8, 4) is 17.0 Å². The summed E-state index contributed by atoms with van der Waals surface area (Å²) in [5.41, 5.74) is 1.98. The first-order chi connectivity index (χ1) is 12.6. The molecule has 3 aromatic rings. The first-order valence-corrected chi connectivity index (χ1v) is 8.35. The molecule has 0 atom stereocenters. The van der Waals surface area contributed by atoms with E-state index in [0.717, 1.165) is 16.9 Å². The molecule has 2 aromatic carbocycles. The van der Waals surface area contributed by atoms with Gasteiger partial charge in [-0.05, 0) is 47.5 Å². The Bertz CT molecular complexity index is 964. The number of ether oxygens (including phenoxy) is 1. The third-order valence-corrected chi connectivity index (χ3v) is 4.17. The average Bonchev–Trinajstić information content (AvgIpc) is 2.67. The van der Waals surface area contributed by atoms with Crippen LogP contribution in [0.15, 0.2) is 65.5 Å². The quantitative estimate of drug-likeness (QED) is 0.722. The minimum Gasteiger partial charge on any atom is -0.497 e. The first kappa shape index (κ1) is 17.8. The molecule has 0 aliphatic rings. The van der Waals surface area contributed by atoms with Crippen LogP contribution in [0.4, 0.5) is 0 Å². The van der Waals surface area contributed by atoms with Crippen LogP contribution in [0, 0.1) is 0 Å². The number of pyridine rings is 1. The number of methoxy groups -OCH3 is 1. The number of H-pyrrole nitrogens is 1. The molecule has 0 fully saturated rings. The van der Waals surface area contributed by atoms with Gasteiger partial charge in [0.2, 0.25) is 0 Å². The molecule has 26 heavy (non-hydrogen) atoms. The molecule has 0 unspecified atom stereocenters. The van der Waals surface area contributed by atoms with E-state index in [1.165, 1.54) is 6.07 Å². The Kier molecular flexibility index (Phi) is 5.39. The second-order valence-electron chi connectivity index (χ2n) is 5.65. The number of benzene rings is 2. The van der Waals surface area contributed by atoms with Crippen LogP contribution in [-0.4, -0.2) is 18.0 Å². The van der Waals surface area contributed by atoms with Crippen LogP contribution in [-0.2, 0) is 6.54 Å². The highest BCUT2D eigenvalue weighted by Crippen LogP contribution is 2.18. The number of aromatic nitrogens is 1. The van der Waals surface area contributed by atoms with Gasteiger partial charge in [0.1, 0.15) is 11.3 Å². The van der Waals surface area contributed by atoms with Gasteiger partial charge in [0.15, 0.2) is 0 Å². The van der Waals surface area contributed by atoms with Crippen LogP contribution in [0.3, 0.4) is 0 Å². The van der Waals surface area contributed by atoms with E-state index < -0.39 is 11.5 Å². The molecule has 132 valence electrons. The Morgan fingerprint density at radius 2 is 1.73 bits per heavy atom. The Morgan fingerprint density at radius 1 is 1.04 bits per heavy atom. The summed E-state index contributed by atoms with van der Waals surface area (Å²) in [4.78, 5) is 27.3. The fourth-order valence-corrected chi connectivity index (χ4v) is 2.60. The van der Waals surface area contributed by atoms with E-state index >= 15 is 0 Å². The van der Waals surface area contributed by atoms with Gasteiger partial charge in [-0.3, -0.25) is 9.59 Å². The van der Waals surface area contributed by atoms with Crippen molar-refractivity contribution in [2.45, 2.75) is 6.54 Å². The molecule has 0 saturated heterocycles. The summed E-state index contributed by atoms with van der Waals surface area (Å²) >= 11 is 5.87. The molecule has 0 aliphatic carbocycles. The molecule has 1 amide bonds. The number of carbonyl (C=O) groups excluding carboxylic acids is 1. The summed E-state index contributed by atoms with van der Waals surface area (Å²) in [6, 6.07) is 17.6. The minimum atomic E-state index is -0.440. The number of amides is 1. The molecule has 5 nitrogen and oxygen atoms in total. The summed E-state index contributed by atoms with van der Waals surface area (Å²) in [7, 11) is 1.59. The lowest BCUT2D eigenvalue weighted by molar-refractivity contribution is 0.0949. The Labute approximate surface area is 155 Å². The second-order valence-corrected chi connectivity index (χ2v) is 6.09. The average molecular weight is 369 g/mol. The Balaban J connectivity index is 1.71. The fourth-order valence-electron chi connectivity index (χ4n) is 2.47. The first-order valence-electron chi connectivity index (χ1n) is 7.97. The molecule has 0 aliphatic heterocycles. The van der Waals surface area contributed by atoms with Crippen LogP contribution in [0.2, 0.25) is 5.02 Å². The van der Waals surface area contributed by atoms with Crippen LogP contribution < -0.4 is 15.6 Å². The second kappa shape index (κ2) is 7.89.